The second kappa shape index (κ2) is 54.5. The number of ether oxygens (including phenoxy) is 5. The monoisotopic (exact) mass is 1110 g/mol. The van der Waals surface area contributed by atoms with Crippen molar-refractivity contribution in [2.75, 3.05) is 13.2 Å². The van der Waals surface area contributed by atoms with Gasteiger partial charge in [0.1, 0.15) is 18.8 Å². The van der Waals surface area contributed by atoms with Crippen LogP contribution >= 0.6 is 0 Å². The Kier molecular flexibility index (Phi) is 50.3. The van der Waals surface area contributed by atoms with Crippen LogP contribution in [0.25, 0.3) is 0 Å². The molecule has 0 aromatic carbocycles. The van der Waals surface area contributed by atoms with Gasteiger partial charge in [0.15, 0.2) is 24.6 Å². The Labute approximate surface area is 480 Å². The summed E-state index contributed by atoms with van der Waals surface area (Å²) in [6.45, 7) is 5.82. The quantitative estimate of drug-likeness (QED) is 0.0228. The molecule has 79 heavy (non-hydrogen) atoms. The van der Waals surface area contributed by atoms with Gasteiger partial charge in [-0.25, -0.2) is 4.79 Å². The van der Waals surface area contributed by atoms with Gasteiger partial charge in [-0.15, -0.1) is 0 Å². The van der Waals surface area contributed by atoms with Crippen LogP contribution in [0.4, 0.5) is 0 Å². The molecule has 0 aromatic heterocycles. The van der Waals surface area contributed by atoms with Crippen LogP contribution < -0.4 is 0 Å². The Balaban J connectivity index is 2.71. The second-order valence-electron chi connectivity index (χ2n) is 21.3. The molecule has 1 fully saturated rings. The van der Waals surface area contributed by atoms with E-state index in [-0.39, 0.29) is 25.9 Å². The van der Waals surface area contributed by atoms with Gasteiger partial charge in [0.2, 0.25) is 0 Å². The fourth-order valence-corrected chi connectivity index (χ4v) is 9.14. The van der Waals surface area contributed by atoms with Crippen LogP contribution in [-0.2, 0) is 42.9 Å². The van der Waals surface area contributed by atoms with Crippen molar-refractivity contribution in [2.24, 2.45) is 0 Å². The molecule has 6 atom stereocenters. The molecule has 0 amide bonds. The van der Waals surface area contributed by atoms with E-state index in [2.05, 4.69) is 99.8 Å². The van der Waals surface area contributed by atoms with Crippen LogP contribution in [-0.4, -0.2) is 89.2 Å². The number of hydrogen-bond acceptors (Lipinski definition) is 11. The van der Waals surface area contributed by atoms with Crippen LogP contribution in [0.1, 0.15) is 265 Å². The first kappa shape index (κ1) is 72.9. The van der Waals surface area contributed by atoms with Crippen molar-refractivity contribution < 1.29 is 58.2 Å². The summed E-state index contributed by atoms with van der Waals surface area (Å²) in [4.78, 5) is 51.2. The lowest BCUT2D eigenvalue weighted by molar-refractivity contribution is -0.301. The predicted octanol–water partition coefficient (Wildman–Crippen LogP) is 16.7. The first-order valence-corrected chi connectivity index (χ1v) is 31.6. The third kappa shape index (κ3) is 44.3. The van der Waals surface area contributed by atoms with Gasteiger partial charge in [-0.1, -0.05) is 241 Å². The summed E-state index contributed by atoms with van der Waals surface area (Å²) >= 11 is 0. The fourth-order valence-electron chi connectivity index (χ4n) is 9.14. The number of aliphatic hydroxyl groups excluding tert-OH is 2. The highest BCUT2D eigenvalue weighted by atomic mass is 16.7. The van der Waals surface area contributed by atoms with Crippen molar-refractivity contribution in [2.45, 2.75) is 302 Å². The van der Waals surface area contributed by atoms with E-state index < -0.39 is 67.3 Å². The van der Waals surface area contributed by atoms with Gasteiger partial charge >= 0.3 is 23.9 Å². The molecule has 12 nitrogen and oxygen atoms in total. The van der Waals surface area contributed by atoms with Gasteiger partial charge < -0.3 is 39.0 Å². The number of carbonyl (C=O) groups excluding carboxylic acids is 3. The number of allylic oxidation sites excluding steroid dienone is 14. The summed E-state index contributed by atoms with van der Waals surface area (Å²) in [5, 5.41) is 31.6. The highest BCUT2D eigenvalue weighted by Gasteiger charge is 2.50. The summed E-state index contributed by atoms with van der Waals surface area (Å²) in [6, 6.07) is 0. The van der Waals surface area contributed by atoms with Crippen molar-refractivity contribution in [1.29, 1.82) is 0 Å². The summed E-state index contributed by atoms with van der Waals surface area (Å²) in [6.07, 6.45) is 58.3. The van der Waals surface area contributed by atoms with E-state index in [1.165, 1.54) is 89.9 Å². The van der Waals surface area contributed by atoms with E-state index in [1.54, 1.807) is 0 Å². The zero-order chi connectivity index (χ0) is 57.5. The molecule has 1 aliphatic rings. The van der Waals surface area contributed by atoms with Gasteiger partial charge in [0.05, 0.1) is 6.61 Å². The number of unbranched alkanes of at least 4 members (excludes halogenated alkanes) is 25. The Morgan fingerprint density at radius 3 is 1.28 bits per heavy atom. The minimum absolute atomic E-state index is 0.0445. The van der Waals surface area contributed by atoms with Gasteiger partial charge in [-0.05, 0) is 89.9 Å². The highest BCUT2D eigenvalue weighted by molar-refractivity contribution is 5.74. The zero-order valence-electron chi connectivity index (χ0n) is 49.8. The first-order chi connectivity index (χ1) is 38.6. The maximum Gasteiger partial charge on any atom is 0.335 e. The predicted molar refractivity (Wildman–Crippen MR) is 321 cm³/mol. The molecule has 1 aliphatic heterocycles. The highest BCUT2D eigenvalue weighted by Crippen LogP contribution is 2.26. The van der Waals surface area contributed by atoms with Gasteiger partial charge in [-0.2, -0.15) is 0 Å². The Morgan fingerprint density at radius 1 is 0.430 bits per heavy atom. The molecule has 0 radical (unpaired) electrons. The van der Waals surface area contributed by atoms with Gasteiger partial charge in [0.25, 0.3) is 0 Å². The first-order valence-electron chi connectivity index (χ1n) is 31.6. The van der Waals surface area contributed by atoms with Crippen molar-refractivity contribution in [1.82, 2.24) is 0 Å². The average molecular weight is 1110 g/mol. The Bertz CT molecular complexity index is 1700. The fraction of sp³-hybridized carbons (Fsp3) is 0.731. The van der Waals surface area contributed by atoms with Crippen molar-refractivity contribution in [3.63, 3.8) is 0 Å². The molecule has 1 saturated heterocycles. The standard InChI is InChI=1S/C67H112O12/c1-4-7-10-13-16-19-22-25-28-30-33-35-38-41-44-47-50-53-59(68)75-56-58(77-60(69)54-51-48-45-42-39-36-32-27-24-21-18-15-12-9-6-3)57-76-67-65(63(72)62(71)64(79-67)66(73)74)78-61(70)55-52-49-46-43-40-37-34-31-29-26-23-20-17-14-11-8-5-2/h7,10,16-17,19-20,25-26,28-29,33,35,41,44,58,62-65,67,71-72H,4-6,8-9,11-15,18,21-24,27,30-32,34,36-40,42-43,45-57H2,1-3H3,(H,73,74)/b10-7-,19-16-,20-17-,28-25-,29-26-,35-33-,44-41-. The van der Waals surface area contributed by atoms with Crippen LogP contribution in [0.15, 0.2) is 85.1 Å². The number of carbonyl (C=O) groups is 4. The maximum absolute atomic E-state index is 13.2. The molecule has 0 spiro atoms. The molecule has 0 saturated carbocycles. The van der Waals surface area contributed by atoms with Crippen LogP contribution in [0, 0.1) is 0 Å². The largest absolute Gasteiger partial charge is 0.479 e. The molecule has 3 N–H and O–H groups in total. The number of carboxylic acids is 1. The molecule has 1 heterocycles. The third-order valence-electron chi connectivity index (χ3n) is 14.0. The summed E-state index contributed by atoms with van der Waals surface area (Å²) < 4.78 is 28.4. The van der Waals surface area contributed by atoms with Crippen molar-refractivity contribution >= 4 is 23.9 Å². The van der Waals surface area contributed by atoms with Gasteiger partial charge in [0, 0.05) is 19.3 Å². The zero-order valence-corrected chi connectivity index (χ0v) is 49.8. The molecule has 452 valence electrons. The van der Waals surface area contributed by atoms with Crippen molar-refractivity contribution in [3.05, 3.63) is 85.1 Å². The van der Waals surface area contributed by atoms with E-state index in [9.17, 15) is 34.5 Å². The number of esters is 3. The van der Waals surface area contributed by atoms with Crippen molar-refractivity contribution in [3.8, 4) is 0 Å². The number of rotatable bonds is 53. The van der Waals surface area contributed by atoms with Crippen LogP contribution in [0.3, 0.4) is 0 Å². The summed E-state index contributed by atoms with van der Waals surface area (Å²) in [7, 11) is 0. The number of carboxylic acid groups (broad SMARTS) is 1. The normalized spacial score (nSPS) is 18.4. The van der Waals surface area contributed by atoms with Crippen LogP contribution in [0.5, 0.6) is 0 Å². The molecule has 0 aliphatic carbocycles. The molecule has 0 bridgehead atoms. The smallest absolute Gasteiger partial charge is 0.335 e. The average Bonchev–Trinajstić information content (AvgIpc) is 3.47. The SMILES string of the molecule is CC/C=C\C/C=C\C/C=C\C/C=C\C/C=C\CCCC(=O)OCC(COC1OC(C(=O)O)C(O)C(O)C1OC(=O)CCCCCCCCC/C=C\C/C=C\CCCCC)OC(=O)CCCCCCCCCCCCCCCCC. The third-order valence-corrected chi connectivity index (χ3v) is 14.0. The Morgan fingerprint density at radius 2 is 0.810 bits per heavy atom. The minimum atomic E-state index is -1.91. The minimum Gasteiger partial charge on any atom is -0.479 e. The lowest BCUT2D eigenvalue weighted by atomic mass is 9.98. The number of aliphatic hydroxyl groups is 2. The number of aliphatic carboxylic acids is 1. The molecular weight excluding hydrogens is 997 g/mol. The van der Waals surface area contributed by atoms with E-state index >= 15 is 0 Å². The van der Waals surface area contributed by atoms with Crippen LogP contribution in [0.2, 0.25) is 0 Å². The topological polar surface area (TPSA) is 175 Å². The number of hydrogen-bond donors (Lipinski definition) is 3. The van der Waals surface area contributed by atoms with E-state index in [0.29, 0.717) is 25.7 Å². The molecule has 12 heteroatoms. The lowest BCUT2D eigenvalue weighted by Gasteiger charge is -2.40. The summed E-state index contributed by atoms with van der Waals surface area (Å²) in [5.74, 6) is -3.20. The molecule has 1 rings (SSSR count). The maximum atomic E-state index is 13.2. The molecular formula is C67H112O12. The molecule has 0 aromatic rings. The van der Waals surface area contributed by atoms with Gasteiger partial charge in [-0.3, -0.25) is 14.4 Å². The van der Waals surface area contributed by atoms with E-state index in [0.717, 1.165) is 109 Å². The summed E-state index contributed by atoms with van der Waals surface area (Å²) in [5.41, 5.74) is 0. The lowest BCUT2D eigenvalue weighted by Crippen LogP contribution is -2.61. The van der Waals surface area contributed by atoms with E-state index in [4.69, 9.17) is 23.7 Å². The second-order valence-corrected chi connectivity index (χ2v) is 21.3. The molecule has 6 unspecified atom stereocenters. The van der Waals surface area contributed by atoms with E-state index in [1.807, 2.05) is 6.08 Å². The Hall–Kier alpha value is -4.10.